The molecule has 1 aromatic rings. The summed E-state index contributed by atoms with van der Waals surface area (Å²) < 4.78 is 0.888. The minimum atomic E-state index is -0.328. The van der Waals surface area contributed by atoms with Crippen LogP contribution in [0.4, 0.5) is 4.79 Å². The Hall–Kier alpha value is -1.43. The standard InChI is InChI=1S/C10H11BrN4O/c1-2-15-8(9(12)14-10(15)16)7-4-3-6(11)5-13-7/h3-5,8H,2H2,1H3,(H2,12,14,16). The smallest absolute Gasteiger partial charge is 0.346 e. The van der Waals surface area contributed by atoms with E-state index in [-0.39, 0.29) is 12.1 Å². The molecule has 1 aliphatic rings. The van der Waals surface area contributed by atoms with Crippen molar-refractivity contribution in [2.45, 2.75) is 13.0 Å². The monoisotopic (exact) mass is 282 g/mol. The molecule has 1 unspecified atom stereocenters. The van der Waals surface area contributed by atoms with Crippen LogP contribution >= 0.6 is 15.9 Å². The molecular formula is C10H11BrN4O. The number of hydrogen-bond donors (Lipinski definition) is 1. The highest BCUT2D eigenvalue weighted by Crippen LogP contribution is 2.25. The zero-order valence-electron chi connectivity index (χ0n) is 8.72. The van der Waals surface area contributed by atoms with Crippen LogP contribution < -0.4 is 5.73 Å². The van der Waals surface area contributed by atoms with Gasteiger partial charge in [-0.15, -0.1) is 0 Å². The number of amidine groups is 1. The number of carbonyl (C=O) groups is 1. The van der Waals surface area contributed by atoms with E-state index in [1.54, 1.807) is 11.1 Å². The quantitative estimate of drug-likeness (QED) is 0.897. The topological polar surface area (TPSA) is 71.6 Å². The second-order valence-corrected chi connectivity index (χ2v) is 4.32. The van der Waals surface area contributed by atoms with E-state index in [1.807, 2.05) is 19.1 Å². The molecule has 1 aliphatic heterocycles. The van der Waals surface area contributed by atoms with Crippen LogP contribution in [0.15, 0.2) is 27.8 Å². The zero-order valence-corrected chi connectivity index (χ0v) is 10.3. The highest BCUT2D eigenvalue weighted by atomic mass is 79.9. The van der Waals surface area contributed by atoms with Crippen LogP contribution in [0, 0.1) is 0 Å². The number of aromatic nitrogens is 1. The Kier molecular flexibility index (Phi) is 2.91. The highest BCUT2D eigenvalue weighted by Gasteiger charge is 2.34. The molecule has 1 atom stereocenters. The number of pyridine rings is 1. The molecule has 2 amide bonds. The summed E-state index contributed by atoms with van der Waals surface area (Å²) in [6, 6.07) is 3.07. The van der Waals surface area contributed by atoms with Crippen LogP contribution in [0.3, 0.4) is 0 Å². The predicted molar refractivity (Wildman–Crippen MR) is 64.1 cm³/mol. The number of likely N-dealkylation sites (N-methyl/N-ethyl adjacent to an activating group) is 1. The van der Waals surface area contributed by atoms with Crippen LogP contribution in [0.2, 0.25) is 0 Å². The van der Waals surface area contributed by atoms with Crippen molar-refractivity contribution in [3.63, 3.8) is 0 Å². The van der Waals surface area contributed by atoms with Crippen molar-refractivity contribution in [3.8, 4) is 0 Å². The van der Waals surface area contributed by atoms with Gasteiger partial charge in [0.2, 0.25) is 0 Å². The second-order valence-electron chi connectivity index (χ2n) is 3.41. The van der Waals surface area contributed by atoms with Crippen LogP contribution in [0.25, 0.3) is 0 Å². The first-order valence-corrected chi connectivity index (χ1v) is 5.69. The molecule has 0 spiro atoms. The first kappa shape index (κ1) is 11.1. The van der Waals surface area contributed by atoms with Gasteiger partial charge < -0.3 is 10.6 Å². The van der Waals surface area contributed by atoms with Crippen molar-refractivity contribution in [1.82, 2.24) is 9.88 Å². The van der Waals surface area contributed by atoms with Crippen molar-refractivity contribution in [2.24, 2.45) is 10.7 Å². The van der Waals surface area contributed by atoms with Crippen LogP contribution in [-0.2, 0) is 0 Å². The fourth-order valence-corrected chi connectivity index (χ4v) is 1.92. The summed E-state index contributed by atoms with van der Waals surface area (Å²) >= 11 is 3.31. The lowest BCUT2D eigenvalue weighted by Gasteiger charge is -2.21. The van der Waals surface area contributed by atoms with E-state index >= 15 is 0 Å². The van der Waals surface area contributed by atoms with Gasteiger partial charge in [0.15, 0.2) is 0 Å². The molecule has 0 aromatic carbocycles. The molecule has 0 saturated heterocycles. The van der Waals surface area contributed by atoms with E-state index in [0.717, 1.165) is 10.2 Å². The first-order valence-electron chi connectivity index (χ1n) is 4.89. The van der Waals surface area contributed by atoms with E-state index in [0.29, 0.717) is 12.4 Å². The number of carbonyl (C=O) groups excluding carboxylic acids is 1. The fraction of sp³-hybridized carbons (Fsp3) is 0.300. The lowest BCUT2D eigenvalue weighted by atomic mass is 10.1. The maximum Gasteiger partial charge on any atom is 0.346 e. The SMILES string of the molecule is CCN1C(=O)N=C(N)C1c1ccc(Br)cn1. The first-order chi connectivity index (χ1) is 7.63. The summed E-state index contributed by atoms with van der Waals surface area (Å²) in [7, 11) is 0. The molecule has 1 aromatic heterocycles. The molecule has 0 bridgehead atoms. The lowest BCUT2D eigenvalue weighted by Crippen LogP contribution is -2.33. The van der Waals surface area contributed by atoms with Gasteiger partial charge in [0, 0.05) is 17.2 Å². The van der Waals surface area contributed by atoms with Crippen molar-refractivity contribution in [1.29, 1.82) is 0 Å². The van der Waals surface area contributed by atoms with Gasteiger partial charge in [-0.1, -0.05) is 0 Å². The maximum atomic E-state index is 11.5. The number of nitrogens with zero attached hydrogens (tertiary/aromatic N) is 3. The molecule has 0 fully saturated rings. The molecule has 0 radical (unpaired) electrons. The molecule has 6 heteroatoms. The van der Waals surface area contributed by atoms with E-state index in [9.17, 15) is 4.79 Å². The number of hydrogen-bond acceptors (Lipinski definition) is 3. The van der Waals surface area contributed by atoms with E-state index in [2.05, 4.69) is 25.9 Å². The number of halogens is 1. The van der Waals surface area contributed by atoms with Crippen LogP contribution in [0.1, 0.15) is 18.7 Å². The van der Waals surface area contributed by atoms with Gasteiger partial charge in [0.25, 0.3) is 0 Å². The summed E-state index contributed by atoms with van der Waals surface area (Å²) in [5, 5.41) is 0. The second kappa shape index (κ2) is 4.21. The van der Waals surface area contributed by atoms with Crippen LogP contribution in [-0.4, -0.2) is 28.3 Å². The van der Waals surface area contributed by atoms with Crippen molar-refractivity contribution < 1.29 is 4.79 Å². The summed E-state index contributed by atoms with van der Waals surface area (Å²) in [6.45, 7) is 2.45. The zero-order chi connectivity index (χ0) is 11.7. The number of nitrogens with two attached hydrogens (primary N) is 1. The molecule has 0 aliphatic carbocycles. The minimum Gasteiger partial charge on any atom is -0.385 e. The number of amides is 2. The Bertz CT molecular complexity index is 443. The Labute approximate surface area is 101 Å². The average molecular weight is 283 g/mol. The molecule has 84 valence electrons. The molecule has 16 heavy (non-hydrogen) atoms. The summed E-state index contributed by atoms with van der Waals surface area (Å²) in [4.78, 5) is 21.1. The van der Waals surface area contributed by atoms with Crippen LogP contribution in [0.5, 0.6) is 0 Å². The largest absolute Gasteiger partial charge is 0.385 e. The Morgan fingerprint density at radius 2 is 2.31 bits per heavy atom. The summed E-state index contributed by atoms with van der Waals surface area (Å²) in [5.74, 6) is 0.307. The molecular weight excluding hydrogens is 272 g/mol. The van der Waals surface area contributed by atoms with Crippen molar-refractivity contribution in [2.75, 3.05) is 6.54 Å². The third-order valence-corrected chi connectivity index (χ3v) is 2.90. The highest BCUT2D eigenvalue weighted by molar-refractivity contribution is 9.10. The normalized spacial score (nSPS) is 20.1. The van der Waals surface area contributed by atoms with Gasteiger partial charge in [0.1, 0.15) is 11.9 Å². The summed E-state index contributed by atoms with van der Waals surface area (Å²) in [5.41, 5.74) is 6.47. The lowest BCUT2D eigenvalue weighted by molar-refractivity contribution is 0.209. The van der Waals surface area contributed by atoms with E-state index in [4.69, 9.17) is 5.73 Å². The molecule has 2 N–H and O–H groups in total. The van der Waals surface area contributed by atoms with Gasteiger partial charge in [-0.2, -0.15) is 4.99 Å². The van der Waals surface area contributed by atoms with Gasteiger partial charge in [-0.05, 0) is 35.0 Å². The number of rotatable bonds is 2. The van der Waals surface area contributed by atoms with Gasteiger partial charge in [0.05, 0.1) is 5.69 Å². The van der Waals surface area contributed by atoms with Crippen molar-refractivity contribution >= 4 is 27.8 Å². The molecule has 2 rings (SSSR count). The Morgan fingerprint density at radius 1 is 1.56 bits per heavy atom. The molecule has 2 heterocycles. The Balaban J connectivity index is 2.36. The van der Waals surface area contributed by atoms with E-state index in [1.165, 1.54) is 0 Å². The van der Waals surface area contributed by atoms with Gasteiger partial charge in [-0.3, -0.25) is 4.98 Å². The van der Waals surface area contributed by atoms with Gasteiger partial charge in [-0.25, -0.2) is 4.79 Å². The van der Waals surface area contributed by atoms with Crippen molar-refractivity contribution in [3.05, 3.63) is 28.5 Å². The number of urea groups is 1. The van der Waals surface area contributed by atoms with Gasteiger partial charge >= 0.3 is 6.03 Å². The molecule has 5 nitrogen and oxygen atoms in total. The summed E-state index contributed by atoms with van der Waals surface area (Å²) in [6.07, 6.45) is 1.68. The number of aliphatic imine (C=N–C) groups is 1. The maximum absolute atomic E-state index is 11.5. The minimum absolute atomic E-state index is 0.297. The molecule has 0 saturated carbocycles. The fourth-order valence-electron chi connectivity index (χ4n) is 1.68. The van der Waals surface area contributed by atoms with E-state index < -0.39 is 0 Å². The average Bonchev–Trinajstić information content (AvgIpc) is 2.54. The third kappa shape index (κ3) is 1.80. The third-order valence-electron chi connectivity index (χ3n) is 2.43. The predicted octanol–water partition coefficient (Wildman–Crippen LogP) is 1.70. The Morgan fingerprint density at radius 3 is 2.88 bits per heavy atom.